The van der Waals surface area contributed by atoms with Crippen LogP contribution < -0.4 is 5.32 Å². The number of thioether (sulfide) groups is 1. The van der Waals surface area contributed by atoms with E-state index in [1.165, 1.54) is 0 Å². The van der Waals surface area contributed by atoms with Gasteiger partial charge in [0.15, 0.2) is 10.9 Å². The third kappa shape index (κ3) is 4.66. The zero-order valence-corrected chi connectivity index (χ0v) is 18.1. The van der Waals surface area contributed by atoms with Crippen LogP contribution in [0.3, 0.4) is 0 Å². The molecule has 1 aliphatic rings. The summed E-state index contributed by atoms with van der Waals surface area (Å²) in [5.41, 5.74) is 1.32. The van der Waals surface area contributed by atoms with Crippen molar-refractivity contribution in [2.24, 2.45) is 0 Å². The molecule has 3 aromatic rings. The first-order valence-electron chi connectivity index (χ1n) is 9.17. The maximum Gasteiger partial charge on any atom is 0.433 e. The van der Waals surface area contributed by atoms with E-state index in [0.29, 0.717) is 17.7 Å². The molecule has 160 valence electrons. The van der Waals surface area contributed by atoms with Crippen molar-refractivity contribution >= 4 is 46.6 Å². The molecule has 1 amide bonds. The Hall–Kier alpha value is -2.29. The van der Waals surface area contributed by atoms with E-state index in [-0.39, 0.29) is 38.6 Å². The maximum absolute atomic E-state index is 13.7. The van der Waals surface area contributed by atoms with E-state index in [0.717, 1.165) is 17.3 Å². The fraction of sp³-hybridized carbons (Fsp3) is 0.190. The van der Waals surface area contributed by atoms with E-state index in [1.54, 1.807) is 30.3 Å². The van der Waals surface area contributed by atoms with Crippen LogP contribution in [0.4, 0.5) is 18.9 Å². The van der Waals surface area contributed by atoms with Gasteiger partial charge in [-0.3, -0.25) is 4.79 Å². The van der Waals surface area contributed by atoms with Gasteiger partial charge in [-0.2, -0.15) is 13.2 Å². The van der Waals surface area contributed by atoms with Crippen LogP contribution in [0.2, 0.25) is 10.0 Å². The number of carbonyl (C=O) groups is 1. The monoisotopic (exact) mass is 483 g/mol. The molecule has 0 bridgehead atoms. The number of amides is 1. The minimum absolute atomic E-state index is 0.0886. The molecule has 0 atom stereocenters. The second-order valence-electron chi connectivity index (χ2n) is 6.78. The lowest BCUT2D eigenvalue weighted by molar-refractivity contribution is -0.142. The van der Waals surface area contributed by atoms with Crippen LogP contribution in [0.15, 0.2) is 47.6 Å². The standard InChI is InChI=1S/C21H14Cl2F3N3OS/c22-14-6-3-7-15(17(14)23)27-16(30)10-31-20-28-18-12-5-2-1-4-11(12)8-9-13(18)19(29-20)21(24,25)26/h1-7H,8-10H2,(H,27,30). The molecule has 1 aromatic heterocycles. The molecular weight excluding hydrogens is 470 g/mol. The fourth-order valence-electron chi connectivity index (χ4n) is 3.37. The number of hydrogen-bond donors (Lipinski definition) is 1. The molecule has 1 N–H and O–H groups in total. The number of fused-ring (bicyclic) bond motifs is 3. The summed E-state index contributed by atoms with van der Waals surface area (Å²) in [5, 5.41) is 2.93. The summed E-state index contributed by atoms with van der Waals surface area (Å²) in [4.78, 5) is 20.4. The van der Waals surface area contributed by atoms with Gasteiger partial charge in [0, 0.05) is 11.1 Å². The number of carbonyl (C=O) groups excluding carboxylic acids is 1. The summed E-state index contributed by atoms with van der Waals surface area (Å²) in [5.74, 6) is -0.662. The predicted molar refractivity (Wildman–Crippen MR) is 116 cm³/mol. The van der Waals surface area contributed by atoms with E-state index >= 15 is 0 Å². The molecule has 0 saturated heterocycles. The first-order chi connectivity index (χ1) is 14.7. The van der Waals surface area contributed by atoms with E-state index in [2.05, 4.69) is 15.3 Å². The number of hydrogen-bond acceptors (Lipinski definition) is 4. The number of rotatable bonds is 4. The Morgan fingerprint density at radius 2 is 1.84 bits per heavy atom. The number of aryl methyl sites for hydroxylation is 1. The minimum atomic E-state index is -4.62. The fourth-order valence-corrected chi connectivity index (χ4v) is 4.36. The molecule has 0 unspecified atom stereocenters. The SMILES string of the molecule is O=C(CSc1nc2c(c(C(F)(F)F)n1)CCc1ccccc1-2)Nc1cccc(Cl)c1Cl. The highest BCUT2D eigenvalue weighted by atomic mass is 35.5. The molecule has 1 aliphatic carbocycles. The van der Waals surface area contributed by atoms with E-state index in [9.17, 15) is 18.0 Å². The zero-order valence-electron chi connectivity index (χ0n) is 15.8. The normalized spacial score (nSPS) is 12.8. The van der Waals surface area contributed by atoms with Crippen molar-refractivity contribution in [3.8, 4) is 11.3 Å². The second-order valence-corrected chi connectivity index (χ2v) is 8.50. The Kier molecular flexibility index (Phi) is 6.14. The van der Waals surface area contributed by atoms with Gasteiger partial charge in [0.05, 0.1) is 27.2 Å². The first kappa shape index (κ1) is 21.9. The summed E-state index contributed by atoms with van der Waals surface area (Å²) in [6, 6.07) is 12.0. The Morgan fingerprint density at radius 3 is 2.61 bits per heavy atom. The third-order valence-electron chi connectivity index (χ3n) is 4.73. The Balaban J connectivity index is 1.61. The molecule has 0 aliphatic heterocycles. The molecule has 0 spiro atoms. The number of benzene rings is 2. The van der Waals surface area contributed by atoms with Crippen LogP contribution in [0, 0.1) is 0 Å². The smallest absolute Gasteiger partial charge is 0.324 e. The Morgan fingerprint density at radius 1 is 1.06 bits per heavy atom. The van der Waals surface area contributed by atoms with Crippen LogP contribution >= 0.6 is 35.0 Å². The van der Waals surface area contributed by atoms with Gasteiger partial charge in [0.25, 0.3) is 0 Å². The minimum Gasteiger partial charge on any atom is -0.324 e. The Bertz CT molecular complexity index is 1170. The number of nitrogens with one attached hydrogen (secondary N) is 1. The number of aromatic nitrogens is 2. The van der Waals surface area contributed by atoms with Gasteiger partial charge in [-0.1, -0.05) is 65.3 Å². The summed E-state index contributed by atoms with van der Waals surface area (Å²) >= 11 is 12.8. The third-order valence-corrected chi connectivity index (χ3v) is 6.40. The molecule has 0 fully saturated rings. The van der Waals surface area contributed by atoms with E-state index in [4.69, 9.17) is 23.2 Å². The highest BCUT2D eigenvalue weighted by Gasteiger charge is 2.38. The number of halogens is 5. The molecule has 0 radical (unpaired) electrons. The second kappa shape index (κ2) is 8.68. The average Bonchev–Trinajstić information content (AvgIpc) is 2.74. The van der Waals surface area contributed by atoms with Crippen molar-refractivity contribution in [1.29, 1.82) is 0 Å². The predicted octanol–water partition coefficient (Wildman–Crippen LogP) is 6.30. The van der Waals surface area contributed by atoms with Crippen LogP contribution in [-0.2, 0) is 23.8 Å². The van der Waals surface area contributed by atoms with Gasteiger partial charge in [0.1, 0.15) is 0 Å². The van der Waals surface area contributed by atoms with Crippen LogP contribution in [0.5, 0.6) is 0 Å². The first-order valence-corrected chi connectivity index (χ1v) is 10.9. The van der Waals surface area contributed by atoms with Crippen LogP contribution in [-0.4, -0.2) is 21.6 Å². The van der Waals surface area contributed by atoms with Gasteiger partial charge < -0.3 is 5.32 Å². The lowest BCUT2D eigenvalue weighted by Crippen LogP contribution is -2.19. The number of nitrogens with zero attached hydrogens (tertiary/aromatic N) is 2. The van der Waals surface area contributed by atoms with Crippen LogP contribution in [0.25, 0.3) is 11.3 Å². The maximum atomic E-state index is 13.7. The molecule has 10 heteroatoms. The van der Waals surface area contributed by atoms with Gasteiger partial charge in [-0.25, -0.2) is 9.97 Å². The van der Waals surface area contributed by atoms with Crippen molar-refractivity contribution in [3.05, 3.63) is 69.3 Å². The zero-order chi connectivity index (χ0) is 22.2. The summed E-state index contributed by atoms with van der Waals surface area (Å²) in [6.07, 6.45) is -3.92. The van der Waals surface area contributed by atoms with Gasteiger partial charge in [-0.15, -0.1) is 0 Å². The highest BCUT2D eigenvalue weighted by Crippen LogP contribution is 2.40. The number of alkyl halides is 3. The average molecular weight is 484 g/mol. The summed E-state index contributed by atoms with van der Waals surface area (Å²) in [6.45, 7) is 0. The van der Waals surface area contributed by atoms with Gasteiger partial charge in [-0.05, 0) is 30.5 Å². The quantitative estimate of drug-likeness (QED) is 0.349. The lowest BCUT2D eigenvalue weighted by Gasteiger charge is -2.22. The largest absolute Gasteiger partial charge is 0.433 e. The molecular formula is C21H14Cl2F3N3OS. The lowest BCUT2D eigenvalue weighted by atomic mass is 9.88. The Labute approximate surface area is 190 Å². The number of anilines is 1. The van der Waals surface area contributed by atoms with Crippen molar-refractivity contribution in [1.82, 2.24) is 9.97 Å². The highest BCUT2D eigenvalue weighted by molar-refractivity contribution is 7.99. The van der Waals surface area contributed by atoms with Crippen molar-refractivity contribution < 1.29 is 18.0 Å². The summed E-state index contributed by atoms with van der Waals surface area (Å²) < 4.78 is 41.1. The molecule has 31 heavy (non-hydrogen) atoms. The van der Waals surface area contributed by atoms with Gasteiger partial charge in [0.2, 0.25) is 5.91 Å². The molecule has 0 saturated carbocycles. The molecule has 2 aromatic carbocycles. The van der Waals surface area contributed by atoms with Crippen molar-refractivity contribution in [2.45, 2.75) is 24.2 Å². The van der Waals surface area contributed by atoms with E-state index in [1.807, 2.05) is 12.1 Å². The van der Waals surface area contributed by atoms with Crippen molar-refractivity contribution in [3.63, 3.8) is 0 Å². The van der Waals surface area contributed by atoms with Gasteiger partial charge >= 0.3 is 6.18 Å². The van der Waals surface area contributed by atoms with E-state index < -0.39 is 17.8 Å². The molecule has 4 rings (SSSR count). The topological polar surface area (TPSA) is 54.9 Å². The molecule has 4 nitrogen and oxygen atoms in total. The van der Waals surface area contributed by atoms with Crippen LogP contribution in [0.1, 0.15) is 16.8 Å². The van der Waals surface area contributed by atoms with Crippen molar-refractivity contribution in [2.75, 3.05) is 11.1 Å². The molecule has 1 heterocycles. The summed E-state index contributed by atoms with van der Waals surface area (Å²) in [7, 11) is 0.